The zero-order valence-electron chi connectivity index (χ0n) is 16.7. The van der Waals surface area contributed by atoms with Gasteiger partial charge in [0.05, 0.1) is 16.6 Å². The van der Waals surface area contributed by atoms with Crippen LogP contribution in [0.3, 0.4) is 0 Å². The Morgan fingerprint density at radius 3 is 2.77 bits per heavy atom. The Kier molecular flexibility index (Phi) is 7.85. The summed E-state index contributed by atoms with van der Waals surface area (Å²) in [4.78, 5) is 25.7. The molecule has 0 aliphatic heterocycles. The molecule has 2 amide bonds. The lowest BCUT2D eigenvalue weighted by atomic mass is 9.95. The maximum absolute atomic E-state index is 12.6. The molecule has 0 saturated carbocycles. The van der Waals surface area contributed by atoms with Gasteiger partial charge in [0.1, 0.15) is 10.8 Å². The molecule has 0 spiro atoms. The highest BCUT2D eigenvalue weighted by Crippen LogP contribution is 2.37. The zero-order valence-corrected chi connectivity index (χ0v) is 19.9. The van der Waals surface area contributed by atoms with Crippen molar-refractivity contribution in [3.63, 3.8) is 0 Å². The SMILES string of the molecule is CCCCOc1ccc(C(=O)NC(=S)Nc2sc3c(c2C(N)=O)CCCC3)cc1Br. The number of unbranched alkanes of at least 4 members (excludes halogenated alkanes) is 1. The molecule has 0 fully saturated rings. The Morgan fingerprint density at radius 2 is 2.07 bits per heavy atom. The number of carbonyl (C=O) groups is 2. The zero-order chi connectivity index (χ0) is 21.7. The molecule has 1 aromatic carbocycles. The van der Waals surface area contributed by atoms with Crippen molar-refractivity contribution < 1.29 is 14.3 Å². The van der Waals surface area contributed by atoms with E-state index in [0.29, 0.717) is 33.0 Å². The van der Waals surface area contributed by atoms with Crippen molar-refractivity contribution in [1.29, 1.82) is 0 Å². The molecule has 9 heteroatoms. The molecule has 160 valence electrons. The second-order valence-corrected chi connectivity index (χ2v) is 9.40. The van der Waals surface area contributed by atoms with Crippen LogP contribution in [0.15, 0.2) is 22.7 Å². The molecule has 1 heterocycles. The maximum atomic E-state index is 12.6. The van der Waals surface area contributed by atoms with Crippen molar-refractivity contribution in [2.24, 2.45) is 5.73 Å². The molecule has 3 rings (SSSR count). The molecule has 30 heavy (non-hydrogen) atoms. The van der Waals surface area contributed by atoms with E-state index in [4.69, 9.17) is 22.7 Å². The van der Waals surface area contributed by atoms with Crippen molar-refractivity contribution in [3.05, 3.63) is 44.2 Å². The fraction of sp³-hybridized carbons (Fsp3) is 0.381. The third-order valence-corrected chi connectivity index (χ3v) is 6.85. The van der Waals surface area contributed by atoms with Gasteiger partial charge in [-0.3, -0.25) is 14.9 Å². The van der Waals surface area contributed by atoms with E-state index in [1.807, 2.05) is 0 Å². The third kappa shape index (κ3) is 5.39. The number of amides is 2. The Labute approximate surface area is 193 Å². The van der Waals surface area contributed by atoms with Crippen molar-refractivity contribution >= 4 is 61.4 Å². The number of fused-ring (bicyclic) bond motifs is 1. The van der Waals surface area contributed by atoms with Gasteiger partial charge in [0, 0.05) is 10.4 Å². The van der Waals surface area contributed by atoms with Crippen LogP contribution >= 0.6 is 39.5 Å². The van der Waals surface area contributed by atoms with Crippen molar-refractivity contribution in [1.82, 2.24) is 5.32 Å². The van der Waals surface area contributed by atoms with Crippen LogP contribution < -0.4 is 21.1 Å². The molecular formula is C21H24BrN3O3S2. The van der Waals surface area contributed by atoms with E-state index in [2.05, 4.69) is 33.5 Å². The van der Waals surface area contributed by atoms with Crippen LogP contribution in [-0.2, 0) is 12.8 Å². The minimum absolute atomic E-state index is 0.125. The topological polar surface area (TPSA) is 93.4 Å². The van der Waals surface area contributed by atoms with Gasteiger partial charge in [0.2, 0.25) is 0 Å². The number of primary amides is 1. The second kappa shape index (κ2) is 10.4. The highest BCUT2D eigenvalue weighted by atomic mass is 79.9. The summed E-state index contributed by atoms with van der Waals surface area (Å²) in [7, 11) is 0. The third-order valence-electron chi connectivity index (χ3n) is 4.82. The number of rotatable bonds is 7. The summed E-state index contributed by atoms with van der Waals surface area (Å²) in [5.74, 6) is -0.139. The number of ether oxygens (including phenoxy) is 1. The fourth-order valence-corrected chi connectivity index (χ4v) is 5.36. The van der Waals surface area contributed by atoms with Gasteiger partial charge in [0.25, 0.3) is 11.8 Å². The lowest BCUT2D eigenvalue weighted by Gasteiger charge is -2.12. The van der Waals surface area contributed by atoms with E-state index in [1.54, 1.807) is 18.2 Å². The molecule has 0 saturated heterocycles. The summed E-state index contributed by atoms with van der Waals surface area (Å²) in [5, 5.41) is 6.38. The minimum atomic E-state index is -0.478. The standard InChI is InChI=1S/C21H24BrN3O3S2/c1-2-3-10-28-15-9-8-12(11-14(15)22)19(27)24-21(29)25-20-17(18(23)26)13-6-4-5-7-16(13)30-20/h8-9,11H,2-7,10H2,1H3,(H2,23,26)(H2,24,25,27,29). The van der Waals surface area contributed by atoms with Gasteiger partial charge in [-0.25, -0.2) is 0 Å². The number of thiocarbonyl (C=S) groups is 1. The van der Waals surface area contributed by atoms with Crippen LogP contribution in [0.5, 0.6) is 5.75 Å². The highest BCUT2D eigenvalue weighted by molar-refractivity contribution is 9.10. The van der Waals surface area contributed by atoms with Gasteiger partial charge in [-0.1, -0.05) is 13.3 Å². The number of aryl methyl sites for hydroxylation is 1. The molecule has 0 atom stereocenters. The maximum Gasteiger partial charge on any atom is 0.257 e. The smallest absolute Gasteiger partial charge is 0.257 e. The number of nitrogens with two attached hydrogens (primary N) is 1. The van der Waals surface area contributed by atoms with Crippen LogP contribution in [0, 0.1) is 0 Å². The van der Waals surface area contributed by atoms with E-state index >= 15 is 0 Å². The molecular weight excluding hydrogens is 486 g/mol. The first kappa shape index (κ1) is 22.7. The Hall–Kier alpha value is -1.97. The Bertz CT molecular complexity index is 975. The summed E-state index contributed by atoms with van der Waals surface area (Å²) in [5.41, 5.74) is 7.55. The Morgan fingerprint density at radius 1 is 1.30 bits per heavy atom. The lowest BCUT2D eigenvalue weighted by Crippen LogP contribution is -2.34. The monoisotopic (exact) mass is 509 g/mol. The van der Waals surface area contributed by atoms with Crippen LogP contribution in [0.4, 0.5) is 5.00 Å². The van der Waals surface area contributed by atoms with E-state index in [0.717, 1.165) is 49.0 Å². The van der Waals surface area contributed by atoms with Gasteiger partial charge in [0.15, 0.2) is 5.11 Å². The summed E-state index contributed by atoms with van der Waals surface area (Å²) in [6, 6.07) is 5.13. The molecule has 2 aromatic rings. The average molecular weight is 510 g/mol. The average Bonchev–Trinajstić information content (AvgIpc) is 3.07. The van der Waals surface area contributed by atoms with Crippen LogP contribution in [0.2, 0.25) is 0 Å². The molecule has 6 nitrogen and oxygen atoms in total. The number of thiophene rings is 1. The first-order valence-corrected chi connectivity index (χ1v) is 11.9. The molecule has 0 bridgehead atoms. The molecule has 1 aliphatic rings. The summed E-state index contributed by atoms with van der Waals surface area (Å²) in [6.07, 6.45) is 5.92. The quantitative estimate of drug-likeness (QED) is 0.368. The van der Waals surface area contributed by atoms with Gasteiger partial charge in [-0.15, -0.1) is 11.3 Å². The first-order valence-electron chi connectivity index (χ1n) is 9.89. The predicted molar refractivity (Wildman–Crippen MR) is 128 cm³/mol. The summed E-state index contributed by atoms with van der Waals surface area (Å²) < 4.78 is 6.39. The summed E-state index contributed by atoms with van der Waals surface area (Å²) in [6.45, 7) is 2.72. The normalized spacial score (nSPS) is 12.7. The largest absolute Gasteiger partial charge is 0.492 e. The van der Waals surface area contributed by atoms with Gasteiger partial charge in [-0.05, 0) is 84.0 Å². The Balaban J connectivity index is 1.67. The van der Waals surface area contributed by atoms with E-state index in [9.17, 15) is 9.59 Å². The van der Waals surface area contributed by atoms with Gasteiger partial charge >= 0.3 is 0 Å². The van der Waals surface area contributed by atoms with E-state index in [1.165, 1.54) is 11.3 Å². The number of carbonyl (C=O) groups excluding carboxylic acids is 2. The lowest BCUT2D eigenvalue weighted by molar-refractivity contribution is 0.0975. The van der Waals surface area contributed by atoms with Crippen LogP contribution in [-0.4, -0.2) is 23.5 Å². The number of halogens is 1. The van der Waals surface area contributed by atoms with Crippen molar-refractivity contribution in [2.75, 3.05) is 11.9 Å². The first-order chi connectivity index (χ1) is 14.4. The van der Waals surface area contributed by atoms with Gasteiger partial charge in [-0.2, -0.15) is 0 Å². The molecule has 4 N–H and O–H groups in total. The van der Waals surface area contributed by atoms with Crippen LogP contribution in [0.25, 0.3) is 0 Å². The number of benzene rings is 1. The molecule has 0 unspecified atom stereocenters. The number of nitrogens with one attached hydrogen (secondary N) is 2. The highest BCUT2D eigenvalue weighted by Gasteiger charge is 2.24. The number of anilines is 1. The number of hydrogen-bond donors (Lipinski definition) is 3. The van der Waals surface area contributed by atoms with Gasteiger partial charge < -0.3 is 15.8 Å². The number of hydrogen-bond acceptors (Lipinski definition) is 5. The minimum Gasteiger partial charge on any atom is -0.492 e. The predicted octanol–water partition coefficient (Wildman–Crippen LogP) is 4.79. The van der Waals surface area contributed by atoms with Crippen LogP contribution in [0.1, 0.15) is 63.8 Å². The molecule has 1 aliphatic carbocycles. The summed E-state index contributed by atoms with van der Waals surface area (Å²) >= 11 is 10.2. The van der Waals surface area contributed by atoms with Crippen molar-refractivity contribution in [2.45, 2.75) is 45.4 Å². The second-order valence-electron chi connectivity index (χ2n) is 7.03. The van der Waals surface area contributed by atoms with Crippen molar-refractivity contribution in [3.8, 4) is 5.75 Å². The fourth-order valence-electron chi connectivity index (χ4n) is 3.31. The van der Waals surface area contributed by atoms with E-state index in [-0.39, 0.29) is 11.0 Å². The molecule has 1 aromatic heterocycles. The van der Waals surface area contributed by atoms with E-state index < -0.39 is 5.91 Å². The molecule has 0 radical (unpaired) electrons.